The van der Waals surface area contributed by atoms with E-state index in [0.29, 0.717) is 0 Å². The Morgan fingerprint density at radius 3 is 1.69 bits per heavy atom. The number of hydrogen-bond acceptors (Lipinski definition) is 1. The molecule has 10 rings (SSSR count). The van der Waals surface area contributed by atoms with Crippen molar-refractivity contribution in [1.29, 1.82) is 0 Å². The van der Waals surface area contributed by atoms with E-state index in [-0.39, 0.29) is 5.41 Å². The summed E-state index contributed by atoms with van der Waals surface area (Å²) in [6.07, 6.45) is 4.60. The molecular weight excluding hydrogens is 629 g/mol. The molecule has 1 aromatic heterocycles. The molecular formula is C51H38O. The van der Waals surface area contributed by atoms with Gasteiger partial charge in [-0.1, -0.05) is 135 Å². The largest absolute Gasteiger partial charge is 0.456 e. The topological polar surface area (TPSA) is 13.1 Å². The van der Waals surface area contributed by atoms with Gasteiger partial charge in [0.1, 0.15) is 11.2 Å². The molecule has 8 aromatic carbocycles. The Morgan fingerprint density at radius 1 is 0.423 bits per heavy atom. The Morgan fingerprint density at radius 2 is 0.981 bits per heavy atom. The summed E-state index contributed by atoms with van der Waals surface area (Å²) >= 11 is 0. The first-order valence-electron chi connectivity index (χ1n) is 18.3. The third-order valence-electron chi connectivity index (χ3n) is 11.6. The second-order valence-electron chi connectivity index (χ2n) is 14.7. The molecule has 0 atom stereocenters. The average Bonchev–Trinajstić information content (AvgIpc) is 3.65. The lowest BCUT2D eigenvalue weighted by molar-refractivity contribution is 0.661. The van der Waals surface area contributed by atoms with Crippen molar-refractivity contribution in [3.63, 3.8) is 0 Å². The summed E-state index contributed by atoms with van der Waals surface area (Å²) in [5, 5.41) is 9.88. The van der Waals surface area contributed by atoms with Gasteiger partial charge in [0.05, 0.1) is 0 Å². The van der Waals surface area contributed by atoms with Crippen molar-refractivity contribution < 1.29 is 4.42 Å². The Labute approximate surface area is 303 Å². The van der Waals surface area contributed by atoms with Crippen LogP contribution in [0, 0.1) is 0 Å². The number of hydrogen-bond donors (Lipinski definition) is 0. The van der Waals surface area contributed by atoms with Crippen molar-refractivity contribution in [2.24, 2.45) is 0 Å². The Kier molecular flexibility index (Phi) is 6.73. The fourth-order valence-corrected chi connectivity index (χ4v) is 9.03. The van der Waals surface area contributed by atoms with E-state index in [4.69, 9.17) is 4.42 Å². The summed E-state index contributed by atoms with van der Waals surface area (Å²) in [5.74, 6) is 0. The molecule has 9 aromatic rings. The standard InChI is InChI=1S/C51H38O/c1-5-37-38(6-2)50(41-18-11-10-17-40(41)49(37)33-22-20-32(21-23-33)31-14-8-7-9-15-31)34-24-25-45-42(26-34)43-27-36-30-48-44(39-16-12-13-19-47(39)52-48)28-35(36)29-46(43)51(45,3)4/h5-30H,1-4H3/b37-5+,38-6+. The van der Waals surface area contributed by atoms with Crippen LogP contribution in [0.5, 0.6) is 0 Å². The SMILES string of the molecule is C/C=c1/c(-c2ccc(-c3ccccc3)cc2)c2ccccc2c(-c2ccc3c(c2)-c2cc4cc5oc6ccccc6c5cc4cc2C3(C)C)/c1=C/C. The number of rotatable bonds is 3. The molecule has 0 bridgehead atoms. The lowest BCUT2D eigenvalue weighted by Crippen LogP contribution is -2.29. The summed E-state index contributed by atoms with van der Waals surface area (Å²) in [6.45, 7) is 9.10. The molecule has 0 N–H and O–H groups in total. The lowest BCUT2D eigenvalue weighted by Gasteiger charge is -2.22. The first kappa shape index (κ1) is 30.6. The summed E-state index contributed by atoms with van der Waals surface area (Å²) in [7, 11) is 0. The van der Waals surface area contributed by atoms with Crippen LogP contribution < -0.4 is 10.4 Å². The highest BCUT2D eigenvalue weighted by molar-refractivity contribution is 6.11. The summed E-state index contributed by atoms with van der Waals surface area (Å²) < 4.78 is 6.32. The normalized spacial score (nSPS) is 14.2. The van der Waals surface area contributed by atoms with Gasteiger partial charge < -0.3 is 4.42 Å². The first-order valence-corrected chi connectivity index (χ1v) is 18.3. The van der Waals surface area contributed by atoms with Gasteiger partial charge in [0.2, 0.25) is 0 Å². The molecule has 52 heavy (non-hydrogen) atoms. The number of furan rings is 1. The predicted octanol–water partition coefficient (Wildman–Crippen LogP) is 12.8. The molecule has 0 saturated heterocycles. The van der Waals surface area contributed by atoms with Crippen molar-refractivity contribution in [3.8, 4) is 44.5 Å². The highest BCUT2D eigenvalue weighted by Crippen LogP contribution is 2.51. The summed E-state index contributed by atoms with van der Waals surface area (Å²) in [6, 6.07) is 53.6. The lowest BCUT2D eigenvalue weighted by atomic mass is 9.81. The van der Waals surface area contributed by atoms with Crippen LogP contribution in [0.3, 0.4) is 0 Å². The molecule has 0 radical (unpaired) electrons. The molecule has 0 amide bonds. The zero-order chi connectivity index (χ0) is 35.1. The van der Waals surface area contributed by atoms with Gasteiger partial charge in [-0.3, -0.25) is 0 Å². The maximum Gasteiger partial charge on any atom is 0.136 e. The van der Waals surface area contributed by atoms with Crippen LogP contribution >= 0.6 is 0 Å². The highest BCUT2D eigenvalue weighted by atomic mass is 16.3. The van der Waals surface area contributed by atoms with E-state index in [0.717, 1.165) is 11.2 Å². The molecule has 1 nitrogen and oxygen atoms in total. The first-order chi connectivity index (χ1) is 25.4. The molecule has 0 saturated carbocycles. The van der Waals surface area contributed by atoms with Gasteiger partial charge in [0, 0.05) is 16.2 Å². The molecule has 0 aliphatic heterocycles. The third kappa shape index (κ3) is 4.42. The van der Waals surface area contributed by atoms with Gasteiger partial charge in [-0.25, -0.2) is 0 Å². The van der Waals surface area contributed by atoms with E-state index < -0.39 is 0 Å². The molecule has 0 unspecified atom stereocenters. The van der Waals surface area contributed by atoms with Crippen molar-refractivity contribution >= 4 is 55.6 Å². The van der Waals surface area contributed by atoms with Crippen LogP contribution in [-0.2, 0) is 5.41 Å². The summed E-state index contributed by atoms with van der Waals surface area (Å²) in [4.78, 5) is 0. The van der Waals surface area contributed by atoms with Crippen LogP contribution in [0.4, 0.5) is 0 Å². The van der Waals surface area contributed by atoms with Crippen LogP contribution in [0.2, 0.25) is 0 Å². The van der Waals surface area contributed by atoms with Crippen LogP contribution in [-0.4, -0.2) is 0 Å². The molecule has 1 aliphatic carbocycles. The van der Waals surface area contributed by atoms with Crippen molar-refractivity contribution in [3.05, 3.63) is 167 Å². The second kappa shape index (κ2) is 11.4. The maximum absolute atomic E-state index is 6.32. The monoisotopic (exact) mass is 666 g/mol. The minimum atomic E-state index is -0.120. The molecule has 1 heterocycles. The number of para-hydroxylation sites is 1. The molecule has 0 fully saturated rings. The smallest absolute Gasteiger partial charge is 0.136 e. The quantitative estimate of drug-likeness (QED) is 0.183. The molecule has 1 aliphatic rings. The fraction of sp³-hybridized carbons (Fsp3) is 0.0980. The maximum atomic E-state index is 6.32. The third-order valence-corrected chi connectivity index (χ3v) is 11.6. The number of benzene rings is 8. The Hall–Kier alpha value is -6.18. The zero-order valence-corrected chi connectivity index (χ0v) is 29.9. The van der Waals surface area contributed by atoms with Crippen LogP contribution in [0.1, 0.15) is 38.8 Å². The van der Waals surface area contributed by atoms with Gasteiger partial charge >= 0.3 is 0 Å². The minimum absolute atomic E-state index is 0.120. The van der Waals surface area contributed by atoms with E-state index in [1.807, 2.05) is 6.07 Å². The van der Waals surface area contributed by atoms with Gasteiger partial charge in [0.25, 0.3) is 0 Å². The zero-order valence-electron chi connectivity index (χ0n) is 29.9. The van der Waals surface area contributed by atoms with Crippen molar-refractivity contribution in [1.82, 2.24) is 0 Å². The number of fused-ring (bicyclic) bond motifs is 8. The van der Waals surface area contributed by atoms with Gasteiger partial charge in [-0.05, 0) is 138 Å². The minimum Gasteiger partial charge on any atom is -0.456 e. The molecule has 248 valence electrons. The Balaban J connectivity index is 1.18. The fourth-order valence-electron chi connectivity index (χ4n) is 9.03. The van der Waals surface area contributed by atoms with Crippen molar-refractivity contribution in [2.75, 3.05) is 0 Å². The molecule has 0 spiro atoms. The average molecular weight is 667 g/mol. The van der Waals surface area contributed by atoms with E-state index in [1.165, 1.54) is 98.4 Å². The van der Waals surface area contributed by atoms with E-state index >= 15 is 0 Å². The van der Waals surface area contributed by atoms with Gasteiger partial charge in [-0.2, -0.15) is 0 Å². The molecule has 1 heteroatoms. The van der Waals surface area contributed by atoms with Gasteiger partial charge in [0.15, 0.2) is 0 Å². The predicted molar refractivity (Wildman–Crippen MR) is 222 cm³/mol. The van der Waals surface area contributed by atoms with Crippen molar-refractivity contribution in [2.45, 2.75) is 33.1 Å². The summed E-state index contributed by atoms with van der Waals surface area (Å²) in [5.41, 5.74) is 14.6. The Bertz CT molecular complexity index is 3030. The van der Waals surface area contributed by atoms with Crippen LogP contribution in [0.15, 0.2) is 150 Å². The van der Waals surface area contributed by atoms with Crippen LogP contribution in [0.25, 0.3) is 100 Å². The van der Waals surface area contributed by atoms with E-state index in [2.05, 4.69) is 179 Å². The second-order valence-corrected chi connectivity index (χ2v) is 14.7. The highest BCUT2D eigenvalue weighted by Gasteiger charge is 2.36. The van der Waals surface area contributed by atoms with E-state index in [9.17, 15) is 0 Å². The van der Waals surface area contributed by atoms with Gasteiger partial charge in [-0.15, -0.1) is 0 Å². The van der Waals surface area contributed by atoms with E-state index in [1.54, 1.807) is 0 Å².